The summed E-state index contributed by atoms with van der Waals surface area (Å²) in [6.07, 6.45) is 11.0. The van der Waals surface area contributed by atoms with Crippen molar-refractivity contribution in [3.05, 3.63) is 0 Å². The van der Waals surface area contributed by atoms with Crippen LogP contribution in [-0.4, -0.2) is 55.6 Å². The van der Waals surface area contributed by atoms with Crippen molar-refractivity contribution in [3.8, 4) is 0 Å². The van der Waals surface area contributed by atoms with Gasteiger partial charge >= 0.3 is 0 Å². The second-order valence-electron chi connectivity index (χ2n) is 6.50. The van der Waals surface area contributed by atoms with Gasteiger partial charge in [0.15, 0.2) is 0 Å². The van der Waals surface area contributed by atoms with Crippen molar-refractivity contribution in [1.29, 1.82) is 0 Å². The van der Waals surface area contributed by atoms with E-state index in [2.05, 4.69) is 9.80 Å². The Hall–Kier alpha value is -0.120. The lowest BCUT2D eigenvalue weighted by Gasteiger charge is -2.33. The van der Waals surface area contributed by atoms with Crippen LogP contribution in [-0.2, 0) is 0 Å². The van der Waals surface area contributed by atoms with Crippen molar-refractivity contribution >= 4 is 0 Å². The molecule has 2 fully saturated rings. The molecule has 3 heteroatoms. The number of hydrogen-bond donors (Lipinski definition) is 1. The first-order valence-corrected chi connectivity index (χ1v) is 8.53. The van der Waals surface area contributed by atoms with Crippen molar-refractivity contribution in [3.63, 3.8) is 0 Å². The Kier molecular flexibility index (Phi) is 7.18. The van der Waals surface area contributed by atoms with Crippen LogP contribution in [0.2, 0.25) is 0 Å². The van der Waals surface area contributed by atoms with Gasteiger partial charge in [-0.25, -0.2) is 0 Å². The van der Waals surface area contributed by atoms with E-state index in [9.17, 15) is 0 Å². The molecular weight excluding hydrogens is 234 g/mol. The lowest BCUT2D eigenvalue weighted by molar-refractivity contribution is 0.152. The minimum atomic E-state index is 0.863. The molecule has 2 N–H and O–H groups in total. The second-order valence-corrected chi connectivity index (χ2v) is 6.50. The maximum Gasteiger partial charge on any atom is 0.00106 e. The quantitative estimate of drug-likeness (QED) is 0.685. The normalized spacial score (nSPS) is 23.2. The van der Waals surface area contributed by atoms with Gasteiger partial charge in [0.1, 0.15) is 0 Å². The third kappa shape index (κ3) is 5.80. The predicted octanol–water partition coefficient (Wildman–Crippen LogP) is 2.31. The minimum absolute atomic E-state index is 0.863. The second kappa shape index (κ2) is 8.93. The topological polar surface area (TPSA) is 32.5 Å². The number of piperidine rings is 1. The highest BCUT2D eigenvalue weighted by Gasteiger charge is 2.22. The van der Waals surface area contributed by atoms with Gasteiger partial charge in [-0.05, 0) is 83.7 Å². The molecule has 0 radical (unpaired) electrons. The summed E-state index contributed by atoms with van der Waals surface area (Å²) in [7, 11) is 0. The van der Waals surface area contributed by atoms with E-state index in [4.69, 9.17) is 5.73 Å². The van der Waals surface area contributed by atoms with Gasteiger partial charge in [0.2, 0.25) is 0 Å². The molecule has 0 aromatic carbocycles. The number of nitrogens with two attached hydrogens (primary N) is 1. The molecule has 2 heterocycles. The molecule has 0 bridgehead atoms. The van der Waals surface area contributed by atoms with Crippen LogP contribution in [0.3, 0.4) is 0 Å². The maximum atomic E-state index is 5.52. The Balaban J connectivity index is 1.50. The van der Waals surface area contributed by atoms with Crippen molar-refractivity contribution in [2.24, 2.45) is 11.7 Å². The zero-order valence-corrected chi connectivity index (χ0v) is 12.7. The van der Waals surface area contributed by atoms with Gasteiger partial charge in [-0.3, -0.25) is 0 Å². The van der Waals surface area contributed by atoms with Gasteiger partial charge in [0, 0.05) is 6.54 Å². The monoisotopic (exact) mass is 267 g/mol. The van der Waals surface area contributed by atoms with Gasteiger partial charge in [-0.15, -0.1) is 0 Å². The Labute approximate surface area is 119 Å². The first kappa shape index (κ1) is 15.3. The highest BCUT2D eigenvalue weighted by molar-refractivity contribution is 4.77. The number of rotatable bonds is 8. The molecule has 0 unspecified atom stereocenters. The molecule has 3 nitrogen and oxygen atoms in total. The van der Waals surface area contributed by atoms with Gasteiger partial charge in [-0.1, -0.05) is 12.8 Å². The molecule has 0 amide bonds. The third-order valence-electron chi connectivity index (χ3n) is 4.85. The van der Waals surface area contributed by atoms with Gasteiger partial charge in [0.25, 0.3) is 0 Å². The molecule has 0 spiro atoms. The standard InChI is InChI=1S/C16H33N3/c17-9-3-1-2-4-10-18-13-7-16(8-14-18)15-19-11-5-6-12-19/h16H,1-15,17H2. The largest absolute Gasteiger partial charge is 0.330 e. The molecule has 0 aromatic heterocycles. The molecule has 19 heavy (non-hydrogen) atoms. The fraction of sp³-hybridized carbons (Fsp3) is 1.00. The molecule has 0 aromatic rings. The van der Waals surface area contributed by atoms with Crippen molar-refractivity contribution in [2.75, 3.05) is 45.8 Å². The lowest BCUT2D eigenvalue weighted by atomic mass is 9.96. The molecule has 2 aliphatic rings. The van der Waals surface area contributed by atoms with Gasteiger partial charge in [0.05, 0.1) is 0 Å². The van der Waals surface area contributed by atoms with Crippen LogP contribution in [0.5, 0.6) is 0 Å². The summed E-state index contributed by atoms with van der Waals surface area (Å²) in [5.74, 6) is 0.978. The van der Waals surface area contributed by atoms with E-state index < -0.39 is 0 Å². The Bertz CT molecular complexity index is 218. The summed E-state index contributed by atoms with van der Waals surface area (Å²) in [6.45, 7) is 8.97. The first-order valence-electron chi connectivity index (χ1n) is 8.53. The minimum Gasteiger partial charge on any atom is -0.330 e. The van der Waals surface area contributed by atoms with Crippen LogP contribution in [0.1, 0.15) is 51.4 Å². The molecule has 2 aliphatic heterocycles. The van der Waals surface area contributed by atoms with E-state index in [1.54, 1.807) is 0 Å². The Morgan fingerprint density at radius 3 is 2.16 bits per heavy atom. The van der Waals surface area contributed by atoms with Crippen LogP contribution in [0, 0.1) is 5.92 Å². The Morgan fingerprint density at radius 1 is 0.789 bits per heavy atom. The molecule has 112 valence electrons. The fourth-order valence-corrected chi connectivity index (χ4v) is 3.56. The molecule has 2 saturated heterocycles. The summed E-state index contributed by atoms with van der Waals surface area (Å²) in [5, 5.41) is 0. The predicted molar refractivity (Wildman–Crippen MR) is 82.4 cm³/mol. The molecule has 2 rings (SSSR count). The van der Waals surface area contributed by atoms with E-state index in [-0.39, 0.29) is 0 Å². The van der Waals surface area contributed by atoms with E-state index in [0.29, 0.717) is 0 Å². The number of nitrogens with zero attached hydrogens (tertiary/aromatic N) is 2. The molecule has 0 atom stereocenters. The summed E-state index contributed by atoms with van der Waals surface area (Å²) in [6, 6.07) is 0. The average Bonchev–Trinajstić information content (AvgIpc) is 2.93. The van der Waals surface area contributed by atoms with E-state index >= 15 is 0 Å². The highest BCUT2D eigenvalue weighted by Crippen LogP contribution is 2.20. The number of hydrogen-bond acceptors (Lipinski definition) is 3. The lowest BCUT2D eigenvalue weighted by Crippen LogP contribution is -2.38. The van der Waals surface area contributed by atoms with Crippen molar-refractivity contribution in [2.45, 2.75) is 51.4 Å². The van der Waals surface area contributed by atoms with Crippen molar-refractivity contribution < 1.29 is 0 Å². The van der Waals surface area contributed by atoms with Gasteiger partial charge in [-0.2, -0.15) is 0 Å². The SMILES string of the molecule is NCCCCCCN1CCC(CN2CCCC2)CC1. The van der Waals surface area contributed by atoms with E-state index in [1.165, 1.54) is 90.6 Å². The maximum absolute atomic E-state index is 5.52. The van der Waals surface area contributed by atoms with Crippen LogP contribution in [0.15, 0.2) is 0 Å². The number of unbranched alkanes of at least 4 members (excludes halogenated alkanes) is 3. The van der Waals surface area contributed by atoms with Gasteiger partial charge < -0.3 is 15.5 Å². The molecule has 0 aliphatic carbocycles. The van der Waals surface area contributed by atoms with E-state index in [0.717, 1.165) is 12.5 Å². The smallest absolute Gasteiger partial charge is 0.00106 e. The summed E-state index contributed by atoms with van der Waals surface area (Å²) >= 11 is 0. The van der Waals surface area contributed by atoms with Crippen molar-refractivity contribution in [1.82, 2.24) is 9.80 Å². The zero-order chi connectivity index (χ0) is 13.3. The van der Waals surface area contributed by atoms with Crippen LogP contribution in [0.25, 0.3) is 0 Å². The van der Waals surface area contributed by atoms with Crippen LogP contribution in [0.4, 0.5) is 0 Å². The fourth-order valence-electron chi connectivity index (χ4n) is 3.56. The first-order chi connectivity index (χ1) is 9.38. The molecule has 0 saturated carbocycles. The Morgan fingerprint density at radius 2 is 1.47 bits per heavy atom. The van der Waals surface area contributed by atoms with E-state index in [1.807, 2.05) is 0 Å². The average molecular weight is 267 g/mol. The van der Waals surface area contributed by atoms with Crippen LogP contribution >= 0.6 is 0 Å². The third-order valence-corrected chi connectivity index (χ3v) is 4.85. The summed E-state index contributed by atoms with van der Waals surface area (Å²) < 4.78 is 0. The van der Waals surface area contributed by atoms with Crippen LogP contribution < -0.4 is 5.73 Å². The summed E-state index contributed by atoms with van der Waals surface area (Å²) in [5.41, 5.74) is 5.52. The number of likely N-dealkylation sites (tertiary alicyclic amines) is 2. The summed E-state index contributed by atoms with van der Waals surface area (Å²) in [4.78, 5) is 5.37. The highest BCUT2D eigenvalue weighted by atomic mass is 15.2. The zero-order valence-electron chi connectivity index (χ0n) is 12.7. The molecular formula is C16H33N3.